The molecule has 6 nitrogen and oxygen atoms in total. The van der Waals surface area contributed by atoms with Gasteiger partial charge < -0.3 is 13.9 Å². The molecule has 0 saturated heterocycles. The van der Waals surface area contributed by atoms with Crippen molar-refractivity contribution in [3.05, 3.63) is 41.9 Å². The molecule has 1 saturated carbocycles. The van der Waals surface area contributed by atoms with E-state index in [0.717, 1.165) is 18.6 Å². The molecular weight excluding hydrogens is 354 g/mol. The lowest BCUT2D eigenvalue weighted by Crippen LogP contribution is -2.26. The van der Waals surface area contributed by atoms with Gasteiger partial charge in [0.25, 0.3) is 0 Å². The van der Waals surface area contributed by atoms with E-state index in [9.17, 15) is 8.42 Å². The standard InChI is InChI=1S/C19H23NO5S/c1-13-10-16(13)17-6-4-14(25-17)12-20(2)26(21,22)15-5-7-18-19(11-15)24-9-3-8-23-18/h4-7,11,13,16H,3,8-10,12H2,1-2H3/t13-,16-/m0/s1. The third-order valence-corrected chi connectivity index (χ3v) is 6.76. The van der Waals surface area contributed by atoms with E-state index in [-0.39, 0.29) is 11.4 Å². The first kappa shape index (κ1) is 17.4. The molecule has 0 bridgehead atoms. The van der Waals surface area contributed by atoms with Crippen LogP contribution >= 0.6 is 0 Å². The van der Waals surface area contributed by atoms with Gasteiger partial charge in [0.1, 0.15) is 11.5 Å². The third kappa shape index (κ3) is 3.33. The molecule has 1 fully saturated rings. The van der Waals surface area contributed by atoms with E-state index in [0.29, 0.717) is 42.3 Å². The van der Waals surface area contributed by atoms with Crippen molar-refractivity contribution in [3.63, 3.8) is 0 Å². The van der Waals surface area contributed by atoms with Crippen LogP contribution in [0.25, 0.3) is 0 Å². The largest absolute Gasteiger partial charge is 0.490 e. The maximum absolute atomic E-state index is 12.9. The van der Waals surface area contributed by atoms with E-state index in [1.807, 2.05) is 12.1 Å². The van der Waals surface area contributed by atoms with Gasteiger partial charge >= 0.3 is 0 Å². The predicted molar refractivity (Wildman–Crippen MR) is 95.9 cm³/mol. The minimum Gasteiger partial charge on any atom is -0.490 e. The molecule has 1 aromatic carbocycles. The summed E-state index contributed by atoms with van der Waals surface area (Å²) >= 11 is 0. The Balaban J connectivity index is 1.52. The molecule has 0 radical (unpaired) electrons. The highest BCUT2D eigenvalue weighted by Crippen LogP contribution is 2.47. The first-order chi connectivity index (χ1) is 12.4. The monoisotopic (exact) mass is 377 g/mol. The zero-order valence-electron chi connectivity index (χ0n) is 15.0. The van der Waals surface area contributed by atoms with Crippen LogP contribution in [0.3, 0.4) is 0 Å². The second-order valence-corrected chi connectivity index (χ2v) is 9.09. The van der Waals surface area contributed by atoms with Crippen molar-refractivity contribution in [3.8, 4) is 11.5 Å². The van der Waals surface area contributed by atoms with Crippen molar-refractivity contribution in [2.45, 2.75) is 37.1 Å². The molecule has 2 heterocycles. The van der Waals surface area contributed by atoms with Gasteiger partial charge in [-0.1, -0.05) is 6.92 Å². The smallest absolute Gasteiger partial charge is 0.243 e. The lowest BCUT2D eigenvalue weighted by Gasteiger charge is -2.17. The summed E-state index contributed by atoms with van der Waals surface area (Å²) in [5, 5.41) is 0. The summed E-state index contributed by atoms with van der Waals surface area (Å²) in [6.45, 7) is 3.46. The first-order valence-electron chi connectivity index (χ1n) is 8.90. The number of fused-ring (bicyclic) bond motifs is 1. The number of ether oxygens (including phenoxy) is 2. The zero-order chi connectivity index (χ0) is 18.3. The Kier molecular flexibility index (Phi) is 4.44. The number of nitrogens with zero attached hydrogens (tertiary/aromatic N) is 1. The number of sulfonamides is 1. The SMILES string of the molecule is C[C@H]1C[C@@H]1c1ccc(CN(C)S(=O)(=O)c2ccc3c(c2)OCCCO3)o1. The van der Waals surface area contributed by atoms with Gasteiger partial charge in [0.15, 0.2) is 11.5 Å². The van der Waals surface area contributed by atoms with Gasteiger partial charge in [-0.05, 0) is 36.6 Å². The molecule has 26 heavy (non-hydrogen) atoms. The molecule has 1 aromatic heterocycles. The van der Waals surface area contributed by atoms with E-state index in [1.165, 1.54) is 10.4 Å². The van der Waals surface area contributed by atoms with Gasteiger partial charge in [0.05, 0.1) is 24.7 Å². The third-order valence-electron chi connectivity index (χ3n) is 4.96. The number of hydrogen-bond acceptors (Lipinski definition) is 5. The highest BCUT2D eigenvalue weighted by Gasteiger charge is 2.36. The summed E-state index contributed by atoms with van der Waals surface area (Å²) in [6.07, 6.45) is 1.91. The fourth-order valence-corrected chi connectivity index (χ4v) is 4.34. The average molecular weight is 377 g/mol. The second kappa shape index (κ2) is 6.63. The van der Waals surface area contributed by atoms with Crippen LogP contribution in [0.15, 0.2) is 39.6 Å². The quantitative estimate of drug-likeness (QED) is 0.799. The Morgan fingerprint density at radius 3 is 2.58 bits per heavy atom. The maximum Gasteiger partial charge on any atom is 0.243 e. The van der Waals surface area contributed by atoms with Crippen LogP contribution in [0.1, 0.15) is 37.2 Å². The molecule has 140 valence electrons. The van der Waals surface area contributed by atoms with Gasteiger partial charge in [0.2, 0.25) is 10.0 Å². The lowest BCUT2D eigenvalue weighted by molar-refractivity contribution is 0.297. The highest BCUT2D eigenvalue weighted by molar-refractivity contribution is 7.89. The van der Waals surface area contributed by atoms with E-state index >= 15 is 0 Å². The van der Waals surface area contributed by atoms with Crippen LogP contribution in [0.4, 0.5) is 0 Å². The summed E-state index contributed by atoms with van der Waals surface area (Å²) < 4.78 is 44.1. The summed E-state index contributed by atoms with van der Waals surface area (Å²) in [6, 6.07) is 8.56. The molecule has 4 rings (SSSR count). The molecule has 2 aliphatic rings. The number of rotatable bonds is 5. The van der Waals surface area contributed by atoms with E-state index in [1.54, 1.807) is 19.2 Å². The Bertz CT molecular complexity index is 904. The fraction of sp³-hybridized carbons (Fsp3) is 0.474. The number of hydrogen-bond donors (Lipinski definition) is 0. The predicted octanol–water partition coefficient (Wildman–Crippen LogP) is 3.39. The summed E-state index contributed by atoms with van der Waals surface area (Å²) in [5.74, 6) is 3.79. The van der Waals surface area contributed by atoms with Gasteiger partial charge in [-0.3, -0.25) is 0 Å². The van der Waals surface area contributed by atoms with Gasteiger partial charge in [-0.2, -0.15) is 4.31 Å². The van der Waals surface area contributed by atoms with Crippen molar-refractivity contribution < 1.29 is 22.3 Å². The normalized spacial score (nSPS) is 22.3. The highest BCUT2D eigenvalue weighted by atomic mass is 32.2. The van der Waals surface area contributed by atoms with Crippen LogP contribution in [-0.2, 0) is 16.6 Å². The first-order valence-corrected chi connectivity index (χ1v) is 10.3. The fourth-order valence-electron chi connectivity index (χ4n) is 3.19. The lowest BCUT2D eigenvalue weighted by atomic mass is 10.3. The van der Waals surface area contributed by atoms with Crippen LogP contribution in [-0.4, -0.2) is 33.0 Å². The van der Waals surface area contributed by atoms with Crippen molar-refractivity contribution in [1.82, 2.24) is 4.31 Å². The van der Waals surface area contributed by atoms with E-state index in [4.69, 9.17) is 13.9 Å². The molecule has 1 aliphatic heterocycles. The van der Waals surface area contributed by atoms with E-state index in [2.05, 4.69) is 6.92 Å². The molecular formula is C19H23NO5S. The van der Waals surface area contributed by atoms with Crippen LogP contribution in [0.2, 0.25) is 0 Å². The van der Waals surface area contributed by atoms with Gasteiger partial charge in [-0.25, -0.2) is 8.42 Å². The van der Waals surface area contributed by atoms with Crippen molar-refractivity contribution in [2.24, 2.45) is 5.92 Å². The van der Waals surface area contributed by atoms with Crippen molar-refractivity contribution in [1.29, 1.82) is 0 Å². The van der Waals surface area contributed by atoms with Crippen molar-refractivity contribution >= 4 is 10.0 Å². The number of furan rings is 1. The molecule has 0 unspecified atom stereocenters. The zero-order valence-corrected chi connectivity index (χ0v) is 15.8. The van der Waals surface area contributed by atoms with Crippen molar-refractivity contribution in [2.75, 3.05) is 20.3 Å². The summed E-state index contributed by atoms with van der Waals surface area (Å²) in [5.41, 5.74) is 0. The molecule has 2 aromatic rings. The molecule has 7 heteroatoms. The van der Waals surface area contributed by atoms with Crippen LogP contribution in [0, 0.1) is 5.92 Å². The van der Waals surface area contributed by atoms with Gasteiger partial charge in [-0.15, -0.1) is 0 Å². The van der Waals surface area contributed by atoms with Crippen LogP contribution < -0.4 is 9.47 Å². The minimum absolute atomic E-state index is 0.187. The Morgan fingerprint density at radius 1 is 1.12 bits per heavy atom. The Hall–Kier alpha value is -1.99. The second-order valence-electron chi connectivity index (χ2n) is 7.04. The topological polar surface area (TPSA) is 69.0 Å². The molecule has 0 N–H and O–H groups in total. The van der Waals surface area contributed by atoms with Gasteiger partial charge in [0, 0.05) is 25.5 Å². The molecule has 0 amide bonds. The van der Waals surface area contributed by atoms with E-state index < -0.39 is 10.0 Å². The summed E-state index contributed by atoms with van der Waals surface area (Å²) in [4.78, 5) is 0.187. The maximum atomic E-state index is 12.9. The van der Waals surface area contributed by atoms with Crippen LogP contribution in [0.5, 0.6) is 11.5 Å². The Labute approximate surface area is 153 Å². The Morgan fingerprint density at radius 2 is 1.85 bits per heavy atom. The summed E-state index contributed by atoms with van der Waals surface area (Å²) in [7, 11) is -2.10. The average Bonchev–Trinajstić information content (AvgIpc) is 3.25. The minimum atomic E-state index is -3.65. The molecule has 2 atom stereocenters. The molecule has 1 aliphatic carbocycles. The molecule has 0 spiro atoms. The number of benzene rings is 1.